The molecule has 0 saturated carbocycles. The first-order valence-corrected chi connectivity index (χ1v) is 11.1. The molecule has 2 aliphatic rings. The van der Waals surface area contributed by atoms with Gasteiger partial charge in [-0.15, -0.1) is 11.3 Å². The molecule has 2 aliphatic heterocycles. The smallest absolute Gasteiger partial charge is 0.224 e. The summed E-state index contributed by atoms with van der Waals surface area (Å²) in [6, 6.07) is 2.62. The number of hydrogen-bond donors (Lipinski definition) is 2. The number of guanidine groups is 1. The quantitative estimate of drug-likeness (QED) is 0.576. The molecule has 3 heterocycles. The zero-order valence-electron chi connectivity index (χ0n) is 16.7. The Bertz CT molecular complexity index is 636. The lowest BCUT2D eigenvalue weighted by molar-refractivity contribution is -0.131. The molecule has 0 atom stereocenters. The number of carbonyl (C=O) groups excluding carboxylic acids is 1. The summed E-state index contributed by atoms with van der Waals surface area (Å²) in [5, 5.41) is 8.96. The van der Waals surface area contributed by atoms with Crippen molar-refractivity contribution in [3.63, 3.8) is 0 Å². The minimum absolute atomic E-state index is 0.225. The molecule has 0 bridgehead atoms. The first kappa shape index (κ1) is 20.1. The third-order valence-electron chi connectivity index (χ3n) is 5.48. The van der Waals surface area contributed by atoms with Gasteiger partial charge in [0, 0.05) is 57.1 Å². The van der Waals surface area contributed by atoms with E-state index in [0.717, 1.165) is 51.4 Å². The summed E-state index contributed by atoms with van der Waals surface area (Å²) >= 11 is 1.81. The number of rotatable bonds is 6. The topological polar surface area (TPSA) is 60.0 Å². The SMILES string of the molecule is CCCN1CCC(NC(=NC)NCCC(=O)N2CCc3sccc3C2)CC1. The predicted molar refractivity (Wildman–Crippen MR) is 112 cm³/mol. The first-order valence-electron chi connectivity index (χ1n) is 10.2. The van der Waals surface area contributed by atoms with Gasteiger partial charge in [0.2, 0.25) is 5.91 Å². The van der Waals surface area contributed by atoms with Gasteiger partial charge >= 0.3 is 0 Å². The van der Waals surface area contributed by atoms with Crippen LogP contribution in [-0.4, -0.2) is 67.5 Å². The number of carbonyl (C=O) groups is 1. The molecule has 6 nitrogen and oxygen atoms in total. The highest BCUT2D eigenvalue weighted by Gasteiger charge is 2.22. The van der Waals surface area contributed by atoms with Crippen LogP contribution < -0.4 is 10.6 Å². The van der Waals surface area contributed by atoms with Gasteiger partial charge < -0.3 is 20.4 Å². The second-order valence-corrected chi connectivity index (χ2v) is 8.44. The number of fused-ring (bicyclic) bond motifs is 1. The Kier molecular flexibility index (Phi) is 7.52. The first-order chi connectivity index (χ1) is 13.2. The summed E-state index contributed by atoms with van der Waals surface area (Å²) in [4.78, 5) is 22.8. The highest BCUT2D eigenvalue weighted by molar-refractivity contribution is 7.10. The van der Waals surface area contributed by atoms with Crippen molar-refractivity contribution in [1.29, 1.82) is 0 Å². The average Bonchev–Trinajstić information content (AvgIpc) is 3.16. The summed E-state index contributed by atoms with van der Waals surface area (Å²) < 4.78 is 0. The van der Waals surface area contributed by atoms with Crippen LogP contribution in [0.25, 0.3) is 0 Å². The summed E-state index contributed by atoms with van der Waals surface area (Å²) in [6.07, 6.45) is 5.02. The Labute approximate surface area is 167 Å². The van der Waals surface area contributed by atoms with Gasteiger partial charge in [0.05, 0.1) is 0 Å². The molecule has 150 valence electrons. The second-order valence-electron chi connectivity index (χ2n) is 7.44. The van der Waals surface area contributed by atoms with Crippen LogP contribution in [0.4, 0.5) is 0 Å². The number of amides is 1. The van der Waals surface area contributed by atoms with Crippen molar-refractivity contribution in [2.75, 3.05) is 39.8 Å². The van der Waals surface area contributed by atoms with E-state index >= 15 is 0 Å². The predicted octanol–water partition coefficient (Wildman–Crippen LogP) is 2.06. The maximum absolute atomic E-state index is 12.5. The molecule has 0 aliphatic carbocycles. The lowest BCUT2D eigenvalue weighted by Crippen LogP contribution is -2.49. The van der Waals surface area contributed by atoms with E-state index < -0.39 is 0 Å². The zero-order chi connectivity index (χ0) is 19.1. The number of hydrogen-bond acceptors (Lipinski definition) is 4. The summed E-state index contributed by atoms with van der Waals surface area (Å²) in [5.41, 5.74) is 1.32. The van der Waals surface area contributed by atoms with Crippen LogP contribution in [-0.2, 0) is 17.8 Å². The number of nitrogens with zero attached hydrogens (tertiary/aromatic N) is 3. The van der Waals surface area contributed by atoms with E-state index in [2.05, 4.69) is 38.9 Å². The third-order valence-corrected chi connectivity index (χ3v) is 6.51. The van der Waals surface area contributed by atoms with Crippen LogP contribution in [0.2, 0.25) is 0 Å². The fraction of sp³-hybridized carbons (Fsp3) is 0.700. The molecule has 1 aromatic rings. The molecule has 1 saturated heterocycles. The minimum Gasteiger partial charge on any atom is -0.356 e. The molecular formula is C20H33N5OS. The van der Waals surface area contributed by atoms with Crippen LogP contribution in [0.15, 0.2) is 16.4 Å². The number of likely N-dealkylation sites (tertiary alicyclic amines) is 1. The summed E-state index contributed by atoms with van der Waals surface area (Å²) in [6.45, 7) is 7.98. The maximum Gasteiger partial charge on any atom is 0.224 e. The Hall–Kier alpha value is -1.60. The van der Waals surface area contributed by atoms with Crippen LogP contribution in [0.5, 0.6) is 0 Å². The molecule has 7 heteroatoms. The van der Waals surface area contributed by atoms with E-state index in [-0.39, 0.29) is 5.91 Å². The summed E-state index contributed by atoms with van der Waals surface area (Å²) in [7, 11) is 1.80. The number of piperidine rings is 1. The molecule has 0 radical (unpaired) electrons. The van der Waals surface area contributed by atoms with Crippen molar-refractivity contribution in [2.45, 2.75) is 51.6 Å². The lowest BCUT2D eigenvalue weighted by atomic mass is 10.1. The Morgan fingerprint density at radius 3 is 2.89 bits per heavy atom. The average molecular weight is 392 g/mol. The normalized spacial score (nSPS) is 19.0. The highest BCUT2D eigenvalue weighted by Crippen LogP contribution is 2.24. The molecule has 0 spiro atoms. The summed E-state index contributed by atoms with van der Waals surface area (Å²) in [5.74, 6) is 1.04. The molecular weight excluding hydrogens is 358 g/mol. The standard InChI is InChI=1S/C20H33N5OS/c1-3-10-24-11-5-17(6-12-24)23-20(21-2)22-9-4-19(26)25-13-7-18-16(15-25)8-14-27-18/h8,14,17H,3-7,9-13,15H2,1-2H3,(H2,21,22,23). The van der Waals surface area contributed by atoms with Crippen molar-refractivity contribution < 1.29 is 4.79 Å². The van der Waals surface area contributed by atoms with Gasteiger partial charge in [0.1, 0.15) is 0 Å². The van der Waals surface area contributed by atoms with Crippen LogP contribution >= 0.6 is 11.3 Å². The molecule has 2 N–H and O–H groups in total. The Morgan fingerprint density at radius 2 is 2.15 bits per heavy atom. The van der Waals surface area contributed by atoms with Gasteiger partial charge in [-0.1, -0.05) is 6.92 Å². The molecule has 0 unspecified atom stereocenters. The van der Waals surface area contributed by atoms with Crippen LogP contribution in [0.3, 0.4) is 0 Å². The number of nitrogens with one attached hydrogen (secondary N) is 2. The van der Waals surface area contributed by atoms with Crippen molar-refractivity contribution in [2.24, 2.45) is 4.99 Å². The van der Waals surface area contributed by atoms with E-state index in [1.54, 1.807) is 18.4 Å². The zero-order valence-corrected chi connectivity index (χ0v) is 17.5. The van der Waals surface area contributed by atoms with Crippen LogP contribution in [0, 0.1) is 0 Å². The van der Waals surface area contributed by atoms with Crippen molar-refractivity contribution >= 4 is 23.2 Å². The van der Waals surface area contributed by atoms with Crippen LogP contribution in [0.1, 0.15) is 43.0 Å². The minimum atomic E-state index is 0.225. The highest BCUT2D eigenvalue weighted by atomic mass is 32.1. The van der Waals surface area contributed by atoms with E-state index in [1.165, 1.54) is 23.4 Å². The molecule has 3 rings (SSSR count). The fourth-order valence-electron chi connectivity index (χ4n) is 3.91. The van der Waals surface area contributed by atoms with E-state index in [0.29, 0.717) is 19.0 Å². The van der Waals surface area contributed by atoms with Crippen molar-refractivity contribution in [3.05, 3.63) is 21.9 Å². The Morgan fingerprint density at radius 1 is 1.33 bits per heavy atom. The monoisotopic (exact) mass is 391 g/mol. The Balaban J connectivity index is 1.36. The lowest BCUT2D eigenvalue weighted by Gasteiger charge is -2.32. The maximum atomic E-state index is 12.5. The second kappa shape index (κ2) is 10.1. The van der Waals surface area contributed by atoms with E-state index in [9.17, 15) is 4.79 Å². The van der Waals surface area contributed by atoms with Crippen molar-refractivity contribution in [3.8, 4) is 0 Å². The van der Waals surface area contributed by atoms with Crippen molar-refractivity contribution in [1.82, 2.24) is 20.4 Å². The van der Waals surface area contributed by atoms with Gasteiger partial charge in [0.15, 0.2) is 5.96 Å². The molecule has 0 aromatic carbocycles. The molecule has 1 fully saturated rings. The molecule has 1 amide bonds. The third kappa shape index (κ3) is 5.69. The number of aliphatic imine (C=N–C) groups is 1. The largest absolute Gasteiger partial charge is 0.356 e. The van der Waals surface area contributed by atoms with Gasteiger partial charge in [-0.25, -0.2) is 0 Å². The number of thiophene rings is 1. The fourth-order valence-corrected chi connectivity index (χ4v) is 4.80. The van der Waals surface area contributed by atoms with Gasteiger partial charge in [-0.2, -0.15) is 0 Å². The van der Waals surface area contributed by atoms with Gasteiger partial charge in [-0.05, 0) is 49.2 Å². The van der Waals surface area contributed by atoms with E-state index in [1.807, 2.05) is 4.90 Å². The molecule has 27 heavy (non-hydrogen) atoms. The van der Waals surface area contributed by atoms with Gasteiger partial charge in [-0.3, -0.25) is 9.79 Å². The van der Waals surface area contributed by atoms with E-state index in [4.69, 9.17) is 0 Å². The van der Waals surface area contributed by atoms with Gasteiger partial charge in [0.25, 0.3) is 0 Å². The molecule has 1 aromatic heterocycles.